The molecule has 1 aliphatic heterocycles. The Kier molecular flexibility index (Phi) is 8.69. The topological polar surface area (TPSA) is 79.0 Å². The lowest BCUT2D eigenvalue weighted by Gasteiger charge is -2.35. The first-order valence-electron chi connectivity index (χ1n) is 10.8. The molecule has 0 unspecified atom stereocenters. The number of aryl methyl sites for hydroxylation is 1. The fourth-order valence-corrected chi connectivity index (χ4v) is 3.29. The van der Waals surface area contributed by atoms with Crippen LogP contribution in [0.15, 0.2) is 24.3 Å². The van der Waals surface area contributed by atoms with Crippen LogP contribution in [0.5, 0.6) is 0 Å². The van der Waals surface area contributed by atoms with Crippen LogP contribution in [0.3, 0.4) is 0 Å². The molecule has 166 valence electrons. The highest BCUT2D eigenvalue weighted by molar-refractivity contribution is 5.94. The van der Waals surface area contributed by atoms with E-state index in [2.05, 4.69) is 12.2 Å². The van der Waals surface area contributed by atoms with Crippen molar-refractivity contribution >= 4 is 17.9 Å². The van der Waals surface area contributed by atoms with Crippen LogP contribution in [-0.2, 0) is 16.0 Å². The van der Waals surface area contributed by atoms with Crippen LogP contribution in [0.2, 0.25) is 0 Å². The minimum absolute atomic E-state index is 0.0259. The van der Waals surface area contributed by atoms with Gasteiger partial charge in [0, 0.05) is 44.7 Å². The number of rotatable bonds is 7. The lowest BCUT2D eigenvalue weighted by molar-refractivity contribution is -0.132. The van der Waals surface area contributed by atoms with Gasteiger partial charge < -0.3 is 19.9 Å². The van der Waals surface area contributed by atoms with Gasteiger partial charge in [0.05, 0.1) is 0 Å². The van der Waals surface area contributed by atoms with Gasteiger partial charge in [0.2, 0.25) is 5.91 Å². The van der Waals surface area contributed by atoms with E-state index in [9.17, 15) is 14.4 Å². The molecule has 2 rings (SSSR count). The molecule has 3 amide bonds. The molecule has 1 saturated heterocycles. The Morgan fingerprint density at radius 2 is 1.57 bits per heavy atom. The lowest BCUT2D eigenvalue weighted by Crippen LogP contribution is -2.50. The van der Waals surface area contributed by atoms with Crippen molar-refractivity contribution in [3.63, 3.8) is 0 Å². The third-order valence-electron chi connectivity index (χ3n) is 5.01. The van der Waals surface area contributed by atoms with E-state index in [1.54, 1.807) is 0 Å². The summed E-state index contributed by atoms with van der Waals surface area (Å²) >= 11 is 0. The van der Waals surface area contributed by atoms with E-state index in [4.69, 9.17) is 4.74 Å². The third kappa shape index (κ3) is 7.69. The lowest BCUT2D eigenvalue weighted by atomic mass is 10.1. The van der Waals surface area contributed by atoms with Gasteiger partial charge in [0.25, 0.3) is 5.91 Å². The van der Waals surface area contributed by atoms with Gasteiger partial charge in [-0.05, 0) is 57.7 Å². The minimum atomic E-state index is -0.511. The molecule has 1 aliphatic rings. The fourth-order valence-electron chi connectivity index (χ4n) is 3.29. The molecule has 1 aromatic rings. The van der Waals surface area contributed by atoms with E-state index < -0.39 is 11.7 Å². The molecular weight excluding hydrogens is 382 g/mol. The summed E-state index contributed by atoms with van der Waals surface area (Å²) < 4.78 is 5.18. The molecule has 0 spiro atoms. The number of benzene rings is 1. The maximum atomic E-state index is 12.6. The summed E-state index contributed by atoms with van der Waals surface area (Å²) in [6.45, 7) is 10.3. The number of carbonyl (C=O) groups excluding carboxylic acids is 3. The van der Waals surface area contributed by atoms with Crippen molar-refractivity contribution in [2.24, 2.45) is 0 Å². The first kappa shape index (κ1) is 23.7. The van der Waals surface area contributed by atoms with Crippen molar-refractivity contribution in [3.8, 4) is 0 Å². The predicted octanol–water partition coefficient (Wildman–Crippen LogP) is 3.23. The van der Waals surface area contributed by atoms with Crippen LogP contribution in [0, 0.1) is 0 Å². The number of hydrogen-bond donors (Lipinski definition) is 1. The van der Waals surface area contributed by atoms with E-state index in [1.165, 1.54) is 5.56 Å². The molecule has 1 aromatic carbocycles. The Morgan fingerprint density at radius 3 is 2.13 bits per heavy atom. The summed E-state index contributed by atoms with van der Waals surface area (Å²) in [6.07, 6.45) is 2.39. The Hall–Kier alpha value is -2.57. The van der Waals surface area contributed by atoms with Crippen LogP contribution in [0.1, 0.15) is 62.9 Å². The van der Waals surface area contributed by atoms with Gasteiger partial charge in [-0.15, -0.1) is 0 Å². The van der Waals surface area contributed by atoms with Crippen molar-refractivity contribution < 1.29 is 19.1 Å². The Labute approximate surface area is 179 Å². The van der Waals surface area contributed by atoms with E-state index >= 15 is 0 Å². The number of alkyl carbamates (subject to hydrolysis) is 1. The minimum Gasteiger partial charge on any atom is -0.444 e. The summed E-state index contributed by atoms with van der Waals surface area (Å²) in [5, 5.41) is 2.70. The molecule has 0 radical (unpaired) electrons. The monoisotopic (exact) mass is 417 g/mol. The van der Waals surface area contributed by atoms with E-state index in [0.717, 1.165) is 12.8 Å². The summed E-state index contributed by atoms with van der Waals surface area (Å²) in [5.41, 5.74) is 1.40. The zero-order chi connectivity index (χ0) is 22.1. The van der Waals surface area contributed by atoms with Gasteiger partial charge >= 0.3 is 6.09 Å². The molecule has 0 saturated carbocycles. The molecular formula is C23H35N3O4. The second-order valence-corrected chi connectivity index (χ2v) is 8.61. The maximum Gasteiger partial charge on any atom is 0.407 e. The van der Waals surface area contributed by atoms with Crippen molar-refractivity contribution in [1.82, 2.24) is 15.1 Å². The van der Waals surface area contributed by atoms with E-state index in [1.807, 2.05) is 54.8 Å². The van der Waals surface area contributed by atoms with Crippen molar-refractivity contribution in [2.45, 2.75) is 59.0 Å². The van der Waals surface area contributed by atoms with Crippen LogP contribution >= 0.6 is 0 Å². The second-order valence-electron chi connectivity index (χ2n) is 8.61. The zero-order valence-electron chi connectivity index (χ0n) is 18.7. The molecule has 7 nitrogen and oxygen atoms in total. The quantitative estimate of drug-likeness (QED) is 0.691. The molecule has 0 atom stereocenters. The number of piperazine rings is 1. The number of hydrogen-bond acceptors (Lipinski definition) is 4. The molecule has 1 heterocycles. The highest BCUT2D eigenvalue weighted by atomic mass is 16.6. The molecule has 1 fully saturated rings. The van der Waals surface area contributed by atoms with Gasteiger partial charge in [-0.2, -0.15) is 0 Å². The number of nitrogens with zero attached hydrogens (tertiary/aromatic N) is 2. The number of nitrogens with one attached hydrogen (secondary N) is 1. The van der Waals surface area contributed by atoms with Crippen molar-refractivity contribution in [3.05, 3.63) is 35.4 Å². The van der Waals surface area contributed by atoms with Crippen LogP contribution in [-0.4, -0.2) is 66.0 Å². The molecule has 7 heteroatoms. The third-order valence-corrected chi connectivity index (χ3v) is 5.01. The molecule has 0 bridgehead atoms. The summed E-state index contributed by atoms with van der Waals surface area (Å²) in [7, 11) is 0. The average Bonchev–Trinajstić information content (AvgIpc) is 2.71. The van der Waals surface area contributed by atoms with E-state index in [0.29, 0.717) is 51.1 Å². The SMILES string of the molecule is CCc1ccc(C(=O)N2CCN(C(=O)CCCCNC(=O)OC(C)(C)C)CC2)cc1. The van der Waals surface area contributed by atoms with E-state index in [-0.39, 0.29) is 11.8 Å². The van der Waals surface area contributed by atoms with Gasteiger partial charge in [-0.25, -0.2) is 4.79 Å². The number of amides is 3. The normalized spacial score (nSPS) is 14.4. The van der Waals surface area contributed by atoms with Crippen LogP contribution < -0.4 is 5.32 Å². The Bertz CT molecular complexity index is 717. The molecule has 0 aromatic heterocycles. The van der Waals surface area contributed by atoms with Gasteiger partial charge in [0.15, 0.2) is 0 Å². The standard InChI is InChI=1S/C23H35N3O4/c1-5-18-9-11-19(12-10-18)21(28)26-16-14-25(15-17-26)20(27)8-6-7-13-24-22(29)30-23(2,3)4/h9-12H,5-8,13-17H2,1-4H3,(H,24,29). The summed E-state index contributed by atoms with van der Waals surface area (Å²) in [5.74, 6) is 0.129. The fraction of sp³-hybridized carbons (Fsp3) is 0.609. The Morgan fingerprint density at radius 1 is 0.967 bits per heavy atom. The average molecular weight is 418 g/mol. The van der Waals surface area contributed by atoms with Crippen LogP contribution in [0.25, 0.3) is 0 Å². The largest absolute Gasteiger partial charge is 0.444 e. The summed E-state index contributed by atoms with van der Waals surface area (Å²) in [6, 6.07) is 7.74. The highest BCUT2D eigenvalue weighted by Crippen LogP contribution is 2.12. The molecule has 1 N–H and O–H groups in total. The van der Waals surface area contributed by atoms with Crippen LogP contribution in [0.4, 0.5) is 4.79 Å². The zero-order valence-corrected chi connectivity index (χ0v) is 18.7. The second kappa shape index (κ2) is 11.0. The molecule has 0 aliphatic carbocycles. The number of unbranched alkanes of at least 4 members (excludes halogenated alkanes) is 1. The number of ether oxygens (including phenoxy) is 1. The number of carbonyl (C=O) groups is 3. The van der Waals surface area contributed by atoms with Gasteiger partial charge in [0.1, 0.15) is 5.60 Å². The smallest absolute Gasteiger partial charge is 0.407 e. The van der Waals surface area contributed by atoms with Crippen molar-refractivity contribution in [1.29, 1.82) is 0 Å². The predicted molar refractivity (Wildman–Crippen MR) is 116 cm³/mol. The van der Waals surface area contributed by atoms with Gasteiger partial charge in [-0.1, -0.05) is 19.1 Å². The summed E-state index contributed by atoms with van der Waals surface area (Å²) in [4.78, 5) is 40.3. The highest BCUT2D eigenvalue weighted by Gasteiger charge is 2.24. The first-order valence-corrected chi connectivity index (χ1v) is 10.8. The van der Waals surface area contributed by atoms with Gasteiger partial charge in [-0.3, -0.25) is 9.59 Å². The van der Waals surface area contributed by atoms with Crippen molar-refractivity contribution in [2.75, 3.05) is 32.7 Å². The molecule has 30 heavy (non-hydrogen) atoms. The first-order chi connectivity index (χ1) is 14.2. The maximum absolute atomic E-state index is 12.6. The Balaban J connectivity index is 1.65.